The number of hydrogen-bond donors (Lipinski definition) is 1. The van der Waals surface area contributed by atoms with E-state index in [1.165, 1.54) is 7.11 Å². The number of alkyl halides is 3. The predicted molar refractivity (Wildman–Crippen MR) is 74.5 cm³/mol. The summed E-state index contributed by atoms with van der Waals surface area (Å²) in [6.45, 7) is 1.65. The zero-order valence-corrected chi connectivity index (χ0v) is 11.9. The van der Waals surface area contributed by atoms with Gasteiger partial charge in [-0.1, -0.05) is 0 Å². The first-order valence-corrected chi connectivity index (χ1v) is 6.42. The monoisotopic (exact) mass is 313 g/mol. The zero-order chi connectivity index (χ0) is 16.2. The highest BCUT2D eigenvalue weighted by atomic mass is 19.4. The van der Waals surface area contributed by atoms with Crippen molar-refractivity contribution in [2.45, 2.75) is 13.1 Å². The van der Waals surface area contributed by atoms with E-state index in [0.717, 1.165) is 0 Å². The van der Waals surface area contributed by atoms with Crippen LogP contribution >= 0.6 is 0 Å². The minimum Gasteiger partial charge on any atom is -0.497 e. The first-order valence-electron chi connectivity index (χ1n) is 6.42. The van der Waals surface area contributed by atoms with Gasteiger partial charge in [0.25, 0.3) is 0 Å². The molecule has 1 aromatic heterocycles. The minimum atomic E-state index is -4.57. The van der Waals surface area contributed by atoms with Gasteiger partial charge < -0.3 is 14.8 Å². The maximum atomic E-state index is 12.8. The van der Waals surface area contributed by atoms with Crippen LogP contribution < -0.4 is 14.8 Å². The molecule has 0 spiro atoms. The highest BCUT2D eigenvalue weighted by molar-refractivity contribution is 5.55. The summed E-state index contributed by atoms with van der Waals surface area (Å²) in [5.74, 6) is 0.177. The van der Waals surface area contributed by atoms with Crippen molar-refractivity contribution in [2.75, 3.05) is 19.0 Å². The number of benzene rings is 1. The number of nitrogens with one attached hydrogen (secondary N) is 1. The lowest BCUT2D eigenvalue weighted by molar-refractivity contribution is -0.139. The highest BCUT2D eigenvalue weighted by Crippen LogP contribution is 2.35. The number of methoxy groups -OCH3 is 1. The quantitative estimate of drug-likeness (QED) is 0.913. The van der Waals surface area contributed by atoms with E-state index in [1.807, 2.05) is 0 Å². The van der Waals surface area contributed by atoms with Gasteiger partial charge in [-0.15, -0.1) is 0 Å². The largest absolute Gasteiger partial charge is 0.497 e. The molecular formula is C14H14F3N3O2. The summed E-state index contributed by atoms with van der Waals surface area (Å²) in [5, 5.41) is 2.81. The molecule has 118 valence electrons. The summed E-state index contributed by atoms with van der Waals surface area (Å²) in [5.41, 5.74) is -0.391. The Hall–Kier alpha value is -2.51. The Balaban J connectivity index is 2.25. The molecule has 1 heterocycles. The van der Waals surface area contributed by atoms with E-state index in [9.17, 15) is 13.2 Å². The molecule has 0 aliphatic carbocycles. The molecule has 0 fully saturated rings. The lowest BCUT2D eigenvalue weighted by atomic mass is 10.3. The molecular weight excluding hydrogens is 299 g/mol. The van der Waals surface area contributed by atoms with Gasteiger partial charge in [0.05, 0.1) is 13.7 Å². The second kappa shape index (κ2) is 6.50. The molecule has 0 saturated carbocycles. The Labute approximate surface area is 125 Å². The number of rotatable bonds is 5. The summed E-state index contributed by atoms with van der Waals surface area (Å²) in [6, 6.07) is 6.80. The molecule has 2 rings (SSSR count). The minimum absolute atomic E-state index is 0.0154. The first kappa shape index (κ1) is 15.9. The highest BCUT2D eigenvalue weighted by Gasteiger charge is 2.36. The Bertz CT molecular complexity index is 630. The molecule has 22 heavy (non-hydrogen) atoms. The topological polar surface area (TPSA) is 56.3 Å². The van der Waals surface area contributed by atoms with Crippen molar-refractivity contribution < 1.29 is 22.6 Å². The van der Waals surface area contributed by atoms with E-state index in [2.05, 4.69) is 15.3 Å². The van der Waals surface area contributed by atoms with Gasteiger partial charge >= 0.3 is 6.18 Å². The van der Waals surface area contributed by atoms with Crippen LogP contribution in [0, 0.1) is 0 Å². The Morgan fingerprint density at radius 2 is 1.86 bits per heavy atom. The second-order valence-electron chi connectivity index (χ2n) is 4.20. The lowest BCUT2D eigenvalue weighted by Gasteiger charge is -2.13. The molecule has 1 N–H and O–H groups in total. The Morgan fingerprint density at radius 1 is 1.18 bits per heavy atom. The normalized spacial score (nSPS) is 11.1. The molecule has 0 saturated heterocycles. The molecule has 5 nitrogen and oxygen atoms in total. The van der Waals surface area contributed by atoms with Crippen molar-refractivity contribution >= 4 is 11.6 Å². The molecule has 0 aliphatic heterocycles. The van der Waals surface area contributed by atoms with Gasteiger partial charge in [0.2, 0.25) is 11.8 Å². The van der Waals surface area contributed by atoms with Crippen molar-refractivity contribution in [3.05, 3.63) is 36.0 Å². The summed E-state index contributed by atoms with van der Waals surface area (Å²) in [6.07, 6.45) is -3.87. The molecule has 0 radical (unpaired) electrons. The third-order valence-corrected chi connectivity index (χ3v) is 2.69. The van der Waals surface area contributed by atoms with Crippen LogP contribution in [0.1, 0.15) is 12.5 Å². The van der Waals surface area contributed by atoms with Gasteiger partial charge in [0, 0.05) is 11.9 Å². The Kier molecular flexibility index (Phi) is 4.69. The van der Waals surface area contributed by atoms with Gasteiger partial charge in [-0.2, -0.15) is 18.2 Å². The fourth-order valence-corrected chi connectivity index (χ4v) is 1.67. The van der Waals surface area contributed by atoms with E-state index >= 15 is 0 Å². The maximum Gasteiger partial charge on any atom is 0.423 e. The van der Waals surface area contributed by atoms with Crippen LogP contribution in [-0.4, -0.2) is 23.7 Å². The number of aromatic nitrogens is 2. The van der Waals surface area contributed by atoms with Gasteiger partial charge in [-0.25, -0.2) is 4.98 Å². The second-order valence-corrected chi connectivity index (χ2v) is 4.20. The predicted octanol–water partition coefficient (Wildman–Crippen LogP) is 3.65. The lowest BCUT2D eigenvalue weighted by Crippen LogP contribution is -2.12. The van der Waals surface area contributed by atoms with E-state index in [1.54, 1.807) is 31.2 Å². The van der Waals surface area contributed by atoms with Crippen molar-refractivity contribution in [2.24, 2.45) is 0 Å². The molecule has 0 unspecified atom stereocenters. The SMILES string of the molecule is CCOc1nc(Nc2ccc(OC)cc2)ncc1C(F)(F)F. The van der Waals surface area contributed by atoms with Gasteiger partial charge in [-0.05, 0) is 31.2 Å². The first-order chi connectivity index (χ1) is 10.4. The van der Waals surface area contributed by atoms with Gasteiger partial charge in [0.1, 0.15) is 11.3 Å². The van der Waals surface area contributed by atoms with Crippen molar-refractivity contribution in [1.82, 2.24) is 9.97 Å². The van der Waals surface area contributed by atoms with Crippen molar-refractivity contribution in [3.63, 3.8) is 0 Å². The summed E-state index contributed by atoms with van der Waals surface area (Å²) in [4.78, 5) is 7.44. The smallest absolute Gasteiger partial charge is 0.423 e. The molecule has 0 amide bonds. The van der Waals surface area contributed by atoms with E-state index in [4.69, 9.17) is 9.47 Å². The van der Waals surface area contributed by atoms with Crippen LogP contribution in [0.3, 0.4) is 0 Å². The van der Waals surface area contributed by atoms with Crippen LogP contribution in [0.15, 0.2) is 30.5 Å². The van der Waals surface area contributed by atoms with Crippen LogP contribution in [0.25, 0.3) is 0 Å². The van der Waals surface area contributed by atoms with Gasteiger partial charge in [-0.3, -0.25) is 0 Å². The van der Waals surface area contributed by atoms with Crippen LogP contribution in [0.2, 0.25) is 0 Å². The third kappa shape index (κ3) is 3.78. The summed E-state index contributed by atoms with van der Waals surface area (Å²) >= 11 is 0. The number of anilines is 2. The molecule has 0 aliphatic rings. The van der Waals surface area contributed by atoms with Crippen molar-refractivity contribution in [3.8, 4) is 11.6 Å². The fourth-order valence-electron chi connectivity index (χ4n) is 1.67. The number of hydrogen-bond acceptors (Lipinski definition) is 5. The molecule has 0 atom stereocenters. The number of halogens is 3. The van der Waals surface area contributed by atoms with E-state index in [0.29, 0.717) is 17.6 Å². The van der Waals surface area contributed by atoms with E-state index in [-0.39, 0.29) is 12.6 Å². The summed E-state index contributed by atoms with van der Waals surface area (Å²) in [7, 11) is 1.54. The zero-order valence-electron chi connectivity index (χ0n) is 11.9. The average molecular weight is 313 g/mol. The standard InChI is InChI=1S/C14H14F3N3O2/c1-3-22-12-11(14(15,16)17)8-18-13(20-12)19-9-4-6-10(21-2)7-5-9/h4-8H,3H2,1-2H3,(H,18,19,20). The van der Waals surface area contributed by atoms with Gasteiger partial charge in [0.15, 0.2) is 0 Å². The Morgan fingerprint density at radius 3 is 2.41 bits per heavy atom. The van der Waals surface area contributed by atoms with E-state index < -0.39 is 17.6 Å². The molecule has 1 aromatic carbocycles. The van der Waals surface area contributed by atoms with Crippen molar-refractivity contribution in [1.29, 1.82) is 0 Å². The molecule has 0 bridgehead atoms. The summed E-state index contributed by atoms with van der Waals surface area (Å²) < 4.78 is 48.4. The average Bonchev–Trinajstić information content (AvgIpc) is 2.47. The fraction of sp³-hybridized carbons (Fsp3) is 0.286. The van der Waals surface area contributed by atoms with Crippen LogP contribution in [0.4, 0.5) is 24.8 Å². The third-order valence-electron chi connectivity index (χ3n) is 2.69. The molecule has 8 heteroatoms. The number of ether oxygens (including phenoxy) is 2. The van der Waals surface area contributed by atoms with Crippen LogP contribution in [0.5, 0.6) is 11.6 Å². The maximum absolute atomic E-state index is 12.8. The molecule has 2 aromatic rings. The van der Waals surface area contributed by atoms with Crippen LogP contribution in [-0.2, 0) is 6.18 Å². The number of nitrogens with zero attached hydrogens (tertiary/aromatic N) is 2.